The molecule has 0 aromatic carbocycles. The highest BCUT2D eigenvalue weighted by atomic mass is 16.5. The summed E-state index contributed by atoms with van der Waals surface area (Å²) in [5, 5.41) is 3.85. The molecule has 1 N–H and O–H groups in total. The van der Waals surface area contributed by atoms with Crippen molar-refractivity contribution >= 4 is 0 Å². The topological polar surface area (TPSA) is 24.5 Å². The molecule has 3 nitrogen and oxygen atoms in total. The summed E-state index contributed by atoms with van der Waals surface area (Å²) >= 11 is 0. The van der Waals surface area contributed by atoms with Gasteiger partial charge in [-0.05, 0) is 19.8 Å². The Morgan fingerprint density at radius 1 is 1.06 bits per heavy atom. The summed E-state index contributed by atoms with van der Waals surface area (Å²) in [6.45, 7) is 7.56. The fourth-order valence-corrected chi connectivity index (χ4v) is 3.25. The van der Waals surface area contributed by atoms with Crippen LogP contribution in [-0.4, -0.2) is 49.8 Å². The quantitative estimate of drug-likeness (QED) is 0.834. The highest BCUT2D eigenvalue weighted by molar-refractivity contribution is 4.76. The van der Waals surface area contributed by atoms with Gasteiger partial charge in [-0.2, -0.15) is 0 Å². The molecule has 0 spiro atoms. The molecule has 3 heteroatoms. The van der Waals surface area contributed by atoms with Gasteiger partial charge in [0.1, 0.15) is 0 Å². The lowest BCUT2D eigenvalue weighted by Crippen LogP contribution is -2.47. The molecule has 18 heavy (non-hydrogen) atoms. The maximum atomic E-state index is 5.40. The maximum Gasteiger partial charge on any atom is 0.0594 e. The average molecular weight is 254 g/mol. The molecule has 1 unspecified atom stereocenters. The molecule has 1 atom stereocenters. The SMILES string of the molecule is CC(CN1CCOCC1)NC1CCCCCCC1. The first kappa shape index (κ1) is 14.3. The second-order valence-corrected chi connectivity index (χ2v) is 6.02. The van der Waals surface area contributed by atoms with E-state index in [0.29, 0.717) is 6.04 Å². The Labute approximate surface area is 112 Å². The van der Waals surface area contributed by atoms with Gasteiger partial charge in [-0.15, -0.1) is 0 Å². The molecule has 2 fully saturated rings. The number of nitrogens with one attached hydrogen (secondary N) is 1. The number of hydrogen-bond donors (Lipinski definition) is 1. The second kappa shape index (κ2) is 8.13. The Bertz CT molecular complexity index is 209. The lowest BCUT2D eigenvalue weighted by molar-refractivity contribution is 0.0336. The van der Waals surface area contributed by atoms with Gasteiger partial charge < -0.3 is 10.1 Å². The van der Waals surface area contributed by atoms with E-state index < -0.39 is 0 Å². The number of rotatable bonds is 4. The van der Waals surface area contributed by atoms with Crippen LogP contribution in [0, 0.1) is 0 Å². The predicted molar refractivity (Wildman–Crippen MR) is 76.0 cm³/mol. The molecule has 1 saturated heterocycles. The van der Waals surface area contributed by atoms with E-state index in [1.54, 1.807) is 0 Å². The highest BCUT2D eigenvalue weighted by Crippen LogP contribution is 2.17. The van der Waals surface area contributed by atoms with Gasteiger partial charge in [0.15, 0.2) is 0 Å². The van der Waals surface area contributed by atoms with Gasteiger partial charge in [-0.25, -0.2) is 0 Å². The fourth-order valence-electron chi connectivity index (χ4n) is 3.25. The summed E-state index contributed by atoms with van der Waals surface area (Å²) in [7, 11) is 0. The summed E-state index contributed by atoms with van der Waals surface area (Å²) in [6.07, 6.45) is 9.94. The largest absolute Gasteiger partial charge is 0.379 e. The molecular weight excluding hydrogens is 224 g/mol. The van der Waals surface area contributed by atoms with E-state index in [1.807, 2.05) is 0 Å². The zero-order valence-electron chi connectivity index (χ0n) is 12.0. The van der Waals surface area contributed by atoms with Crippen LogP contribution in [0.15, 0.2) is 0 Å². The molecule has 0 amide bonds. The molecule has 2 rings (SSSR count). The summed E-state index contributed by atoms with van der Waals surface area (Å²) < 4.78 is 5.40. The zero-order valence-corrected chi connectivity index (χ0v) is 12.0. The van der Waals surface area contributed by atoms with Crippen LogP contribution in [0.25, 0.3) is 0 Å². The number of ether oxygens (including phenoxy) is 1. The van der Waals surface area contributed by atoms with Crippen LogP contribution in [0.5, 0.6) is 0 Å². The molecule has 2 aliphatic rings. The summed E-state index contributed by atoms with van der Waals surface area (Å²) in [5.41, 5.74) is 0. The first-order valence-electron chi connectivity index (χ1n) is 7.91. The fraction of sp³-hybridized carbons (Fsp3) is 1.00. The molecule has 1 aliphatic carbocycles. The van der Waals surface area contributed by atoms with Crippen LogP contribution in [0.2, 0.25) is 0 Å². The van der Waals surface area contributed by atoms with Crippen molar-refractivity contribution in [1.82, 2.24) is 10.2 Å². The lowest BCUT2D eigenvalue weighted by atomic mass is 9.96. The van der Waals surface area contributed by atoms with Crippen molar-refractivity contribution in [2.24, 2.45) is 0 Å². The van der Waals surface area contributed by atoms with Crippen molar-refractivity contribution in [1.29, 1.82) is 0 Å². The van der Waals surface area contributed by atoms with E-state index in [9.17, 15) is 0 Å². The van der Waals surface area contributed by atoms with E-state index in [2.05, 4.69) is 17.1 Å². The van der Waals surface area contributed by atoms with Crippen LogP contribution in [-0.2, 0) is 4.74 Å². The van der Waals surface area contributed by atoms with Gasteiger partial charge in [0, 0.05) is 31.7 Å². The van der Waals surface area contributed by atoms with Crippen LogP contribution >= 0.6 is 0 Å². The molecule has 0 bridgehead atoms. The van der Waals surface area contributed by atoms with Gasteiger partial charge in [-0.3, -0.25) is 4.90 Å². The Hall–Kier alpha value is -0.120. The Morgan fingerprint density at radius 3 is 2.33 bits per heavy atom. The molecular formula is C15H30N2O. The molecule has 0 aromatic rings. The molecule has 106 valence electrons. The van der Waals surface area contributed by atoms with Crippen molar-refractivity contribution in [2.75, 3.05) is 32.8 Å². The Kier molecular flexibility index (Phi) is 6.46. The number of hydrogen-bond acceptors (Lipinski definition) is 3. The summed E-state index contributed by atoms with van der Waals surface area (Å²) in [6, 6.07) is 1.38. The first-order valence-corrected chi connectivity index (χ1v) is 7.91. The smallest absolute Gasteiger partial charge is 0.0594 e. The average Bonchev–Trinajstić information content (AvgIpc) is 2.34. The summed E-state index contributed by atoms with van der Waals surface area (Å²) in [5.74, 6) is 0. The second-order valence-electron chi connectivity index (χ2n) is 6.02. The molecule has 1 heterocycles. The Morgan fingerprint density at radius 2 is 1.67 bits per heavy atom. The molecule has 1 aliphatic heterocycles. The normalized spacial score (nSPS) is 26.5. The van der Waals surface area contributed by atoms with E-state index in [0.717, 1.165) is 32.3 Å². The third-order valence-corrected chi connectivity index (χ3v) is 4.26. The third kappa shape index (κ3) is 5.25. The zero-order chi connectivity index (χ0) is 12.6. The van der Waals surface area contributed by atoms with Crippen molar-refractivity contribution < 1.29 is 4.74 Å². The van der Waals surface area contributed by atoms with Crippen molar-refractivity contribution in [3.8, 4) is 0 Å². The monoisotopic (exact) mass is 254 g/mol. The number of morpholine rings is 1. The van der Waals surface area contributed by atoms with Crippen molar-refractivity contribution in [2.45, 2.75) is 64.0 Å². The number of nitrogens with zero attached hydrogens (tertiary/aromatic N) is 1. The van der Waals surface area contributed by atoms with Crippen LogP contribution < -0.4 is 5.32 Å². The predicted octanol–water partition coefficient (Wildman–Crippen LogP) is 2.41. The Balaban J connectivity index is 1.66. The van der Waals surface area contributed by atoms with Gasteiger partial charge in [0.25, 0.3) is 0 Å². The molecule has 0 radical (unpaired) electrons. The van der Waals surface area contributed by atoms with Crippen LogP contribution in [0.1, 0.15) is 51.9 Å². The first-order chi connectivity index (χ1) is 8.84. The van der Waals surface area contributed by atoms with E-state index in [1.165, 1.54) is 51.5 Å². The standard InChI is InChI=1S/C15H30N2O/c1-14(13-17-9-11-18-12-10-17)16-15-7-5-3-2-4-6-8-15/h14-16H,2-13H2,1H3. The van der Waals surface area contributed by atoms with Crippen LogP contribution in [0.3, 0.4) is 0 Å². The molecule has 0 aromatic heterocycles. The van der Waals surface area contributed by atoms with Gasteiger partial charge >= 0.3 is 0 Å². The van der Waals surface area contributed by atoms with Gasteiger partial charge in [0.2, 0.25) is 0 Å². The third-order valence-electron chi connectivity index (χ3n) is 4.26. The van der Waals surface area contributed by atoms with Gasteiger partial charge in [0.05, 0.1) is 13.2 Å². The maximum absolute atomic E-state index is 5.40. The van der Waals surface area contributed by atoms with Crippen LogP contribution in [0.4, 0.5) is 0 Å². The van der Waals surface area contributed by atoms with Crippen molar-refractivity contribution in [3.05, 3.63) is 0 Å². The molecule has 1 saturated carbocycles. The van der Waals surface area contributed by atoms with E-state index >= 15 is 0 Å². The lowest BCUT2D eigenvalue weighted by Gasteiger charge is -2.32. The highest BCUT2D eigenvalue weighted by Gasteiger charge is 2.17. The minimum atomic E-state index is 0.618. The van der Waals surface area contributed by atoms with Gasteiger partial charge in [-0.1, -0.05) is 32.1 Å². The minimum absolute atomic E-state index is 0.618. The minimum Gasteiger partial charge on any atom is -0.379 e. The van der Waals surface area contributed by atoms with Crippen molar-refractivity contribution in [3.63, 3.8) is 0 Å². The van der Waals surface area contributed by atoms with E-state index in [-0.39, 0.29) is 0 Å². The summed E-state index contributed by atoms with van der Waals surface area (Å²) in [4.78, 5) is 2.53. The van der Waals surface area contributed by atoms with E-state index in [4.69, 9.17) is 4.74 Å².